The summed E-state index contributed by atoms with van der Waals surface area (Å²) in [5, 5.41) is 14.1. The highest BCUT2D eigenvalue weighted by Crippen LogP contribution is 2.31. The maximum absolute atomic E-state index is 10.7. The van der Waals surface area contributed by atoms with Crippen LogP contribution in [0, 0.1) is 28.9 Å². The molecule has 2 unspecified atom stereocenters. The summed E-state index contributed by atoms with van der Waals surface area (Å²) < 4.78 is 0. The number of anilines is 1. The highest BCUT2D eigenvalue weighted by atomic mass is 16.6. The molecule has 0 bridgehead atoms. The second-order valence-corrected chi connectivity index (χ2v) is 5.31. The first-order chi connectivity index (χ1) is 8.58. The first-order valence-corrected chi connectivity index (χ1v) is 6.57. The molecular formula is C14H20N2O2. The lowest BCUT2D eigenvalue weighted by Gasteiger charge is -2.17. The summed E-state index contributed by atoms with van der Waals surface area (Å²) >= 11 is 0. The number of hydrogen-bond acceptors (Lipinski definition) is 3. The average Bonchev–Trinajstić information content (AvgIpc) is 2.72. The Balaban J connectivity index is 1.98. The van der Waals surface area contributed by atoms with Gasteiger partial charge in [-0.15, -0.1) is 0 Å². The Morgan fingerprint density at radius 1 is 1.44 bits per heavy atom. The fourth-order valence-corrected chi connectivity index (χ4v) is 2.74. The SMILES string of the molecule is Cc1cc(NCC2CCCC2C)ccc1[N+](=O)[O-]. The van der Waals surface area contributed by atoms with Crippen molar-refractivity contribution < 1.29 is 4.92 Å². The van der Waals surface area contributed by atoms with E-state index >= 15 is 0 Å². The molecule has 18 heavy (non-hydrogen) atoms. The summed E-state index contributed by atoms with van der Waals surface area (Å²) in [6.07, 6.45) is 3.94. The first-order valence-electron chi connectivity index (χ1n) is 6.57. The Morgan fingerprint density at radius 2 is 2.22 bits per heavy atom. The van der Waals surface area contributed by atoms with Crippen LogP contribution in [0.15, 0.2) is 18.2 Å². The van der Waals surface area contributed by atoms with Crippen LogP contribution in [-0.2, 0) is 0 Å². The van der Waals surface area contributed by atoms with Gasteiger partial charge in [0.25, 0.3) is 5.69 Å². The van der Waals surface area contributed by atoms with Crippen LogP contribution in [0.3, 0.4) is 0 Å². The molecule has 1 saturated carbocycles. The van der Waals surface area contributed by atoms with Crippen LogP contribution in [-0.4, -0.2) is 11.5 Å². The average molecular weight is 248 g/mol. The van der Waals surface area contributed by atoms with Gasteiger partial charge in [0.05, 0.1) is 4.92 Å². The van der Waals surface area contributed by atoms with Crippen LogP contribution < -0.4 is 5.32 Å². The van der Waals surface area contributed by atoms with Gasteiger partial charge in [-0.3, -0.25) is 10.1 Å². The van der Waals surface area contributed by atoms with Crippen molar-refractivity contribution in [3.8, 4) is 0 Å². The van der Waals surface area contributed by atoms with Crippen LogP contribution in [0.5, 0.6) is 0 Å². The van der Waals surface area contributed by atoms with Gasteiger partial charge in [-0.05, 0) is 37.3 Å². The van der Waals surface area contributed by atoms with E-state index in [4.69, 9.17) is 0 Å². The first kappa shape index (κ1) is 12.9. The number of nitro groups is 1. The van der Waals surface area contributed by atoms with Crippen molar-refractivity contribution in [1.29, 1.82) is 0 Å². The van der Waals surface area contributed by atoms with Crippen LogP contribution in [0.25, 0.3) is 0 Å². The normalized spacial score (nSPS) is 23.0. The maximum atomic E-state index is 10.7. The fraction of sp³-hybridized carbons (Fsp3) is 0.571. The predicted octanol–water partition coefficient (Wildman–Crippen LogP) is 3.75. The third kappa shape index (κ3) is 2.81. The van der Waals surface area contributed by atoms with Crippen molar-refractivity contribution in [3.63, 3.8) is 0 Å². The Bertz CT molecular complexity index is 445. The van der Waals surface area contributed by atoms with Crippen LogP contribution >= 0.6 is 0 Å². The molecule has 2 atom stereocenters. The highest BCUT2D eigenvalue weighted by Gasteiger charge is 2.22. The van der Waals surface area contributed by atoms with E-state index in [1.54, 1.807) is 19.1 Å². The molecule has 0 saturated heterocycles. The molecule has 2 rings (SSSR count). The molecule has 1 aromatic carbocycles. The minimum atomic E-state index is -0.335. The number of rotatable bonds is 4. The van der Waals surface area contributed by atoms with Crippen molar-refractivity contribution in [2.75, 3.05) is 11.9 Å². The summed E-state index contributed by atoms with van der Waals surface area (Å²) in [4.78, 5) is 10.4. The summed E-state index contributed by atoms with van der Waals surface area (Å²) in [6, 6.07) is 5.23. The van der Waals surface area contributed by atoms with E-state index in [-0.39, 0.29) is 10.6 Å². The molecule has 0 aliphatic heterocycles. The molecular weight excluding hydrogens is 228 g/mol. The monoisotopic (exact) mass is 248 g/mol. The molecule has 1 N–H and O–H groups in total. The molecule has 4 nitrogen and oxygen atoms in total. The number of aryl methyl sites for hydroxylation is 1. The lowest BCUT2D eigenvalue weighted by molar-refractivity contribution is -0.385. The Kier molecular flexibility index (Phi) is 3.84. The summed E-state index contributed by atoms with van der Waals surface area (Å²) in [7, 11) is 0. The molecule has 1 aliphatic rings. The summed E-state index contributed by atoms with van der Waals surface area (Å²) in [5.41, 5.74) is 1.89. The molecule has 4 heteroatoms. The van der Waals surface area contributed by atoms with Crippen molar-refractivity contribution >= 4 is 11.4 Å². The van der Waals surface area contributed by atoms with Crippen LogP contribution in [0.2, 0.25) is 0 Å². The second-order valence-electron chi connectivity index (χ2n) is 5.31. The molecule has 0 aromatic heterocycles. The van der Waals surface area contributed by atoms with Gasteiger partial charge < -0.3 is 5.32 Å². The number of nitrogens with zero attached hydrogens (tertiary/aromatic N) is 1. The minimum Gasteiger partial charge on any atom is -0.385 e. The predicted molar refractivity (Wildman–Crippen MR) is 72.8 cm³/mol. The Hall–Kier alpha value is -1.58. The molecule has 0 heterocycles. The van der Waals surface area contributed by atoms with Gasteiger partial charge in [-0.1, -0.05) is 19.8 Å². The van der Waals surface area contributed by atoms with Gasteiger partial charge >= 0.3 is 0 Å². The van der Waals surface area contributed by atoms with Gasteiger partial charge in [0.2, 0.25) is 0 Å². The largest absolute Gasteiger partial charge is 0.385 e. The van der Waals surface area contributed by atoms with Crippen molar-refractivity contribution in [3.05, 3.63) is 33.9 Å². The van der Waals surface area contributed by atoms with Gasteiger partial charge in [-0.2, -0.15) is 0 Å². The number of nitrogens with one attached hydrogen (secondary N) is 1. The topological polar surface area (TPSA) is 55.2 Å². The van der Waals surface area contributed by atoms with Gasteiger partial charge in [0, 0.05) is 23.9 Å². The van der Waals surface area contributed by atoms with E-state index in [0.717, 1.165) is 24.1 Å². The lowest BCUT2D eigenvalue weighted by Crippen LogP contribution is -2.16. The molecule has 1 aromatic rings. The summed E-state index contributed by atoms with van der Waals surface area (Å²) in [6.45, 7) is 5.06. The van der Waals surface area contributed by atoms with E-state index < -0.39 is 0 Å². The van der Waals surface area contributed by atoms with E-state index in [2.05, 4.69) is 12.2 Å². The number of hydrogen-bond donors (Lipinski definition) is 1. The Labute approximate surface area is 108 Å². The third-order valence-electron chi connectivity index (χ3n) is 4.00. The number of benzene rings is 1. The van der Waals surface area contributed by atoms with Crippen molar-refractivity contribution in [1.82, 2.24) is 0 Å². The molecule has 1 aliphatic carbocycles. The van der Waals surface area contributed by atoms with E-state index in [0.29, 0.717) is 5.56 Å². The Morgan fingerprint density at radius 3 is 2.78 bits per heavy atom. The van der Waals surface area contributed by atoms with Crippen LogP contribution in [0.1, 0.15) is 31.7 Å². The zero-order valence-corrected chi connectivity index (χ0v) is 11.0. The standard InChI is InChI=1S/C14H20N2O2/c1-10-4-3-5-12(10)9-15-13-6-7-14(16(17)18)11(2)8-13/h6-8,10,12,15H,3-5,9H2,1-2H3. The van der Waals surface area contributed by atoms with E-state index in [1.165, 1.54) is 19.3 Å². The molecule has 0 amide bonds. The van der Waals surface area contributed by atoms with Crippen LogP contribution in [0.4, 0.5) is 11.4 Å². The molecule has 98 valence electrons. The maximum Gasteiger partial charge on any atom is 0.272 e. The van der Waals surface area contributed by atoms with Gasteiger partial charge in [0.1, 0.15) is 0 Å². The van der Waals surface area contributed by atoms with Crippen molar-refractivity contribution in [2.45, 2.75) is 33.1 Å². The van der Waals surface area contributed by atoms with Gasteiger partial charge in [0.15, 0.2) is 0 Å². The third-order valence-corrected chi connectivity index (χ3v) is 4.00. The zero-order chi connectivity index (χ0) is 13.1. The van der Waals surface area contributed by atoms with E-state index in [1.807, 2.05) is 6.07 Å². The van der Waals surface area contributed by atoms with Gasteiger partial charge in [-0.25, -0.2) is 0 Å². The fourth-order valence-electron chi connectivity index (χ4n) is 2.74. The highest BCUT2D eigenvalue weighted by molar-refractivity contribution is 5.53. The second kappa shape index (κ2) is 5.38. The molecule has 0 spiro atoms. The quantitative estimate of drug-likeness (QED) is 0.652. The smallest absolute Gasteiger partial charge is 0.272 e. The zero-order valence-electron chi connectivity index (χ0n) is 11.0. The number of nitro benzene ring substituents is 1. The summed E-state index contributed by atoms with van der Waals surface area (Å²) in [5.74, 6) is 1.53. The lowest BCUT2D eigenvalue weighted by atomic mass is 9.98. The molecule has 0 radical (unpaired) electrons. The molecule has 1 fully saturated rings. The van der Waals surface area contributed by atoms with Crippen molar-refractivity contribution in [2.24, 2.45) is 11.8 Å². The van der Waals surface area contributed by atoms with E-state index in [9.17, 15) is 10.1 Å². The minimum absolute atomic E-state index is 0.190.